The van der Waals surface area contributed by atoms with Gasteiger partial charge in [-0.05, 0) is 23.8 Å². The van der Waals surface area contributed by atoms with Crippen LogP contribution in [0.2, 0.25) is 0 Å². The maximum atomic E-state index is 6.22. The highest BCUT2D eigenvalue weighted by Gasteiger charge is 2.26. The number of hydrogen-bond acceptors (Lipinski definition) is 7. The number of anilines is 1. The molecule has 0 fully saturated rings. The molecule has 29 heavy (non-hydrogen) atoms. The van der Waals surface area contributed by atoms with Gasteiger partial charge in [0.1, 0.15) is 5.69 Å². The number of hydrogen-bond donors (Lipinski definition) is 1. The fourth-order valence-corrected chi connectivity index (χ4v) is 3.83. The predicted octanol–water partition coefficient (Wildman–Crippen LogP) is 4.73. The van der Waals surface area contributed by atoms with Gasteiger partial charge in [0.25, 0.3) is 0 Å². The number of pyridine rings is 1. The molecule has 0 saturated heterocycles. The highest BCUT2D eigenvalue weighted by molar-refractivity contribution is 7.98. The van der Waals surface area contributed by atoms with Crippen LogP contribution >= 0.6 is 11.8 Å². The van der Waals surface area contributed by atoms with E-state index in [0.29, 0.717) is 16.7 Å². The van der Waals surface area contributed by atoms with E-state index in [4.69, 9.17) is 4.74 Å². The molecule has 0 unspecified atom stereocenters. The summed E-state index contributed by atoms with van der Waals surface area (Å²) in [6.07, 6.45) is 1.28. The van der Waals surface area contributed by atoms with Gasteiger partial charge in [-0.3, -0.25) is 4.98 Å². The number of para-hydroxylation sites is 1. The van der Waals surface area contributed by atoms with Gasteiger partial charge < -0.3 is 10.1 Å². The summed E-state index contributed by atoms with van der Waals surface area (Å²) in [5.41, 5.74) is 4.40. The van der Waals surface area contributed by atoms with Crippen LogP contribution in [0.25, 0.3) is 11.3 Å². The summed E-state index contributed by atoms with van der Waals surface area (Å²) in [7, 11) is 0. The van der Waals surface area contributed by atoms with Crippen molar-refractivity contribution in [1.29, 1.82) is 0 Å². The first kappa shape index (κ1) is 17.6. The largest absolute Gasteiger partial charge is 0.446 e. The lowest BCUT2D eigenvalue weighted by Gasteiger charge is -2.18. The molecule has 5 rings (SSSR count). The van der Waals surface area contributed by atoms with Crippen LogP contribution in [0.1, 0.15) is 17.5 Å². The minimum absolute atomic E-state index is 0.448. The maximum absolute atomic E-state index is 6.22. The van der Waals surface area contributed by atoms with E-state index in [0.717, 1.165) is 22.7 Å². The van der Waals surface area contributed by atoms with Gasteiger partial charge in [-0.2, -0.15) is 4.98 Å². The van der Waals surface area contributed by atoms with Gasteiger partial charge in [0.2, 0.25) is 17.3 Å². The summed E-state index contributed by atoms with van der Waals surface area (Å²) < 4.78 is 6.22. The first-order chi connectivity index (χ1) is 14.4. The molecule has 1 N–H and O–H groups in total. The van der Waals surface area contributed by atoms with Crippen LogP contribution in [0.15, 0.2) is 84.1 Å². The summed E-state index contributed by atoms with van der Waals surface area (Å²) in [6, 6.07) is 23.9. The van der Waals surface area contributed by atoms with Gasteiger partial charge in [-0.1, -0.05) is 66.4 Å². The summed E-state index contributed by atoms with van der Waals surface area (Å²) >= 11 is 1.53. The molecule has 7 heteroatoms. The molecule has 2 aromatic heterocycles. The standard InChI is InChI=1S/C22H17N5OS/c1-2-8-15(9-3-1)14-29-22-25-21-19(26-27-22)16-10-4-5-11-17(16)24-20(28-21)18-12-6-7-13-23-18/h1-13,20,24H,14H2/t20-/m0/s1. The second-order valence-electron chi connectivity index (χ2n) is 6.46. The Hall–Kier alpha value is -3.45. The van der Waals surface area contributed by atoms with E-state index in [1.165, 1.54) is 17.3 Å². The van der Waals surface area contributed by atoms with Gasteiger partial charge in [-0.15, -0.1) is 10.2 Å². The Balaban J connectivity index is 1.50. The van der Waals surface area contributed by atoms with Gasteiger partial charge in [0, 0.05) is 23.2 Å². The van der Waals surface area contributed by atoms with E-state index in [1.807, 2.05) is 60.7 Å². The Labute approximate surface area is 172 Å². The molecule has 6 nitrogen and oxygen atoms in total. The quantitative estimate of drug-likeness (QED) is 0.497. The van der Waals surface area contributed by atoms with E-state index in [9.17, 15) is 0 Å². The number of ether oxygens (including phenoxy) is 1. The van der Waals surface area contributed by atoms with Crippen LogP contribution in [-0.2, 0) is 5.75 Å². The van der Waals surface area contributed by atoms with Crippen molar-refractivity contribution in [2.24, 2.45) is 0 Å². The first-order valence-corrected chi connectivity index (χ1v) is 10.2. The van der Waals surface area contributed by atoms with Crippen molar-refractivity contribution in [3.05, 3.63) is 90.3 Å². The minimum atomic E-state index is -0.470. The van der Waals surface area contributed by atoms with Crippen molar-refractivity contribution >= 4 is 17.4 Å². The van der Waals surface area contributed by atoms with Crippen molar-refractivity contribution in [1.82, 2.24) is 20.2 Å². The van der Waals surface area contributed by atoms with E-state index in [2.05, 4.69) is 37.6 Å². The molecule has 0 radical (unpaired) electrons. The summed E-state index contributed by atoms with van der Waals surface area (Å²) in [5, 5.41) is 12.7. The van der Waals surface area contributed by atoms with E-state index < -0.39 is 6.23 Å². The van der Waals surface area contributed by atoms with Crippen LogP contribution in [0.4, 0.5) is 5.69 Å². The van der Waals surface area contributed by atoms with Crippen LogP contribution in [0, 0.1) is 0 Å². The Morgan fingerprint density at radius 1 is 0.897 bits per heavy atom. The molecular formula is C22H17N5OS. The third-order valence-electron chi connectivity index (χ3n) is 4.50. The van der Waals surface area contributed by atoms with Crippen LogP contribution < -0.4 is 10.1 Å². The number of benzene rings is 2. The molecule has 0 amide bonds. The second-order valence-corrected chi connectivity index (χ2v) is 7.41. The lowest BCUT2D eigenvalue weighted by Crippen LogP contribution is -2.18. The Morgan fingerprint density at radius 2 is 1.72 bits per heavy atom. The molecule has 4 aromatic rings. The molecular weight excluding hydrogens is 382 g/mol. The maximum Gasteiger partial charge on any atom is 0.247 e. The van der Waals surface area contributed by atoms with Crippen molar-refractivity contribution in [3.8, 4) is 17.1 Å². The number of nitrogens with zero attached hydrogens (tertiary/aromatic N) is 4. The average Bonchev–Trinajstić information content (AvgIpc) is 2.95. The van der Waals surface area contributed by atoms with Crippen LogP contribution in [-0.4, -0.2) is 20.2 Å². The molecule has 1 aliphatic heterocycles. The number of rotatable bonds is 4. The zero-order valence-electron chi connectivity index (χ0n) is 15.4. The lowest BCUT2D eigenvalue weighted by molar-refractivity contribution is 0.220. The zero-order valence-corrected chi connectivity index (χ0v) is 16.2. The Morgan fingerprint density at radius 3 is 2.59 bits per heavy atom. The van der Waals surface area contributed by atoms with Crippen molar-refractivity contribution in [3.63, 3.8) is 0 Å². The van der Waals surface area contributed by atoms with E-state index in [1.54, 1.807) is 6.20 Å². The smallest absolute Gasteiger partial charge is 0.247 e. The lowest BCUT2D eigenvalue weighted by atomic mass is 10.1. The van der Waals surface area contributed by atoms with Gasteiger partial charge >= 0.3 is 0 Å². The van der Waals surface area contributed by atoms with Crippen LogP contribution in [0.3, 0.4) is 0 Å². The van der Waals surface area contributed by atoms with E-state index in [-0.39, 0.29) is 0 Å². The van der Waals surface area contributed by atoms with Crippen molar-refractivity contribution in [2.75, 3.05) is 5.32 Å². The van der Waals surface area contributed by atoms with Gasteiger partial charge in [-0.25, -0.2) is 0 Å². The van der Waals surface area contributed by atoms with E-state index >= 15 is 0 Å². The average molecular weight is 399 g/mol. The molecule has 0 bridgehead atoms. The molecule has 2 aromatic carbocycles. The third kappa shape index (κ3) is 3.77. The SMILES string of the molecule is c1ccc(CSc2nnc3c(n2)O[C@@H](c2ccccn2)Nc2ccccc2-3)cc1. The second kappa shape index (κ2) is 7.89. The zero-order chi connectivity index (χ0) is 19.5. The van der Waals surface area contributed by atoms with Crippen molar-refractivity contribution < 1.29 is 4.74 Å². The molecule has 0 spiro atoms. The normalized spacial score (nSPS) is 14.7. The first-order valence-electron chi connectivity index (χ1n) is 9.22. The molecule has 0 aliphatic carbocycles. The van der Waals surface area contributed by atoms with Gasteiger partial charge in [0.05, 0.1) is 0 Å². The molecule has 1 aliphatic rings. The minimum Gasteiger partial charge on any atom is -0.446 e. The third-order valence-corrected chi connectivity index (χ3v) is 5.41. The number of thioether (sulfide) groups is 1. The topological polar surface area (TPSA) is 72.8 Å². The Kier molecular flexibility index (Phi) is 4.80. The summed E-state index contributed by atoms with van der Waals surface area (Å²) in [5.74, 6) is 1.21. The fraction of sp³-hybridized carbons (Fsp3) is 0.0909. The monoisotopic (exact) mass is 399 g/mol. The van der Waals surface area contributed by atoms with Crippen molar-refractivity contribution in [2.45, 2.75) is 17.1 Å². The molecule has 3 heterocycles. The highest BCUT2D eigenvalue weighted by atomic mass is 32.2. The molecule has 142 valence electrons. The molecule has 0 saturated carbocycles. The van der Waals surface area contributed by atoms with Crippen LogP contribution in [0.5, 0.6) is 5.88 Å². The molecule has 1 atom stereocenters. The highest BCUT2D eigenvalue weighted by Crippen LogP contribution is 2.39. The van der Waals surface area contributed by atoms with Gasteiger partial charge in [0.15, 0.2) is 5.69 Å². The summed E-state index contributed by atoms with van der Waals surface area (Å²) in [4.78, 5) is 9.09. The number of nitrogens with one attached hydrogen (secondary N) is 1. The number of fused-ring (bicyclic) bond motifs is 3. The predicted molar refractivity (Wildman–Crippen MR) is 112 cm³/mol. The summed E-state index contributed by atoms with van der Waals surface area (Å²) in [6.45, 7) is 0. The fourth-order valence-electron chi connectivity index (χ4n) is 3.10. The number of aromatic nitrogens is 4. The Bertz CT molecular complexity index is 1120.